The summed E-state index contributed by atoms with van der Waals surface area (Å²) in [5.74, 6) is 0.935. The Hall–Kier alpha value is -3.64. The SMILES string of the molecule is CCC(C)CC.CCCC.Cc1cccc(-c2cc(CCc3ccccc3)c3c(-c4ccccc4)cccc3c2)c1. The molecule has 5 rings (SSSR count). The van der Waals surface area contributed by atoms with Crippen molar-refractivity contribution in [2.75, 3.05) is 0 Å². The van der Waals surface area contributed by atoms with Crippen LogP contribution in [0.15, 0.2) is 115 Å². The Morgan fingerprint density at radius 2 is 1.15 bits per heavy atom. The van der Waals surface area contributed by atoms with Gasteiger partial charge in [0, 0.05) is 0 Å². The molecule has 5 aromatic rings. The summed E-state index contributed by atoms with van der Waals surface area (Å²) in [5.41, 5.74) is 9.26. The molecule has 214 valence electrons. The van der Waals surface area contributed by atoms with Gasteiger partial charge in [0.05, 0.1) is 0 Å². The van der Waals surface area contributed by atoms with Gasteiger partial charge in [-0.05, 0) is 75.9 Å². The van der Waals surface area contributed by atoms with E-state index in [1.165, 1.54) is 75.4 Å². The fourth-order valence-corrected chi connectivity index (χ4v) is 4.78. The van der Waals surface area contributed by atoms with E-state index < -0.39 is 0 Å². The highest BCUT2D eigenvalue weighted by atomic mass is 14.2. The summed E-state index contributed by atoms with van der Waals surface area (Å²) >= 11 is 0. The first kappa shape index (κ1) is 31.9. The van der Waals surface area contributed by atoms with Gasteiger partial charge in [-0.15, -0.1) is 0 Å². The highest BCUT2D eigenvalue weighted by molar-refractivity contribution is 6.01. The summed E-state index contributed by atoms with van der Waals surface area (Å²) in [4.78, 5) is 0. The van der Waals surface area contributed by atoms with Crippen molar-refractivity contribution in [1.29, 1.82) is 0 Å². The van der Waals surface area contributed by atoms with E-state index in [-0.39, 0.29) is 0 Å². The van der Waals surface area contributed by atoms with Gasteiger partial charge in [-0.2, -0.15) is 0 Å². The Balaban J connectivity index is 0.000000400. The molecule has 0 saturated carbocycles. The Labute approximate surface area is 250 Å². The van der Waals surface area contributed by atoms with Crippen LogP contribution in [0.5, 0.6) is 0 Å². The van der Waals surface area contributed by atoms with Crippen LogP contribution in [-0.4, -0.2) is 0 Å². The number of unbranched alkanes of at least 4 members (excludes halogenated alkanes) is 1. The van der Waals surface area contributed by atoms with Crippen molar-refractivity contribution in [2.24, 2.45) is 5.92 Å². The zero-order valence-corrected chi connectivity index (χ0v) is 26.3. The summed E-state index contributed by atoms with van der Waals surface area (Å²) in [6.07, 6.45) is 7.35. The predicted octanol–water partition coefficient (Wildman–Crippen LogP) is 12.5. The van der Waals surface area contributed by atoms with Gasteiger partial charge < -0.3 is 0 Å². The molecular formula is C41H50. The average molecular weight is 543 g/mol. The third-order valence-corrected chi connectivity index (χ3v) is 7.91. The zero-order chi connectivity index (χ0) is 29.5. The lowest BCUT2D eigenvalue weighted by Crippen LogP contribution is -1.96. The molecule has 0 heteroatoms. The standard InChI is InChI=1S/C31H26.C6H14.C4H10/c1-23-10-8-15-26(20-23)29-21-27-16-9-17-30(25-13-6-3-7-14-25)31(27)28(22-29)19-18-24-11-4-2-5-12-24;1-4-6(3)5-2;1-3-4-2/h2-17,20-22H,18-19H2,1H3;6H,4-5H2,1-3H3;3-4H2,1-2H3. The molecule has 0 amide bonds. The van der Waals surface area contributed by atoms with E-state index in [4.69, 9.17) is 0 Å². The molecule has 0 unspecified atom stereocenters. The van der Waals surface area contributed by atoms with Crippen molar-refractivity contribution in [1.82, 2.24) is 0 Å². The van der Waals surface area contributed by atoms with E-state index in [0.29, 0.717) is 0 Å². The molecule has 0 spiro atoms. The van der Waals surface area contributed by atoms with E-state index >= 15 is 0 Å². The molecule has 0 aliphatic heterocycles. The molecule has 0 radical (unpaired) electrons. The Morgan fingerprint density at radius 3 is 1.73 bits per heavy atom. The third kappa shape index (κ3) is 9.75. The number of fused-ring (bicyclic) bond motifs is 1. The molecule has 0 bridgehead atoms. The summed E-state index contributed by atoms with van der Waals surface area (Å²) in [5, 5.41) is 2.68. The molecule has 0 fully saturated rings. The van der Waals surface area contributed by atoms with E-state index in [0.717, 1.165) is 18.8 Å². The van der Waals surface area contributed by atoms with Crippen molar-refractivity contribution in [3.05, 3.63) is 132 Å². The summed E-state index contributed by atoms with van der Waals surface area (Å²) in [7, 11) is 0. The predicted molar refractivity (Wildman–Crippen MR) is 184 cm³/mol. The normalized spacial score (nSPS) is 10.5. The molecule has 0 aliphatic carbocycles. The molecule has 0 nitrogen and oxygen atoms in total. The Morgan fingerprint density at radius 1 is 0.537 bits per heavy atom. The summed E-state index contributed by atoms with van der Waals surface area (Å²) in [6, 6.07) is 41.8. The number of benzene rings is 5. The van der Waals surface area contributed by atoms with E-state index in [1.54, 1.807) is 0 Å². The fourth-order valence-electron chi connectivity index (χ4n) is 4.78. The zero-order valence-electron chi connectivity index (χ0n) is 26.3. The second kappa shape index (κ2) is 17.2. The van der Waals surface area contributed by atoms with Gasteiger partial charge in [0.1, 0.15) is 0 Å². The van der Waals surface area contributed by atoms with Crippen LogP contribution in [0.3, 0.4) is 0 Å². The molecule has 0 saturated heterocycles. The van der Waals surface area contributed by atoms with Gasteiger partial charge in [0.2, 0.25) is 0 Å². The van der Waals surface area contributed by atoms with Crippen molar-refractivity contribution in [3.63, 3.8) is 0 Å². The maximum atomic E-state index is 2.41. The van der Waals surface area contributed by atoms with Crippen molar-refractivity contribution < 1.29 is 0 Å². The molecule has 0 N–H and O–H groups in total. The van der Waals surface area contributed by atoms with E-state index in [2.05, 4.69) is 157 Å². The van der Waals surface area contributed by atoms with Gasteiger partial charge in [-0.1, -0.05) is 175 Å². The largest absolute Gasteiger partial charge is 0.0654 e. The average Bonchev–Trinajstić information content (AvgIpc) is 3.04. The number of hydrogen-bond donors (Lipinski definition) is 0. The number of rotatable bonds is 8. The van der Waals surface area contributed by atoms with Crippen LogP contribution in [0, 0.1) is 12.8 Å². The summed E-state index contributed by atoms with van der Waals surface area (Å²) < 4.78 is 0. The first-order valence-corrected chi connectivity index (χ1v) is 15.7. The van der Waals surface area contributed by atoms with Crippen LogP contribution in [0.25, 0.3) is 33.0 Å². The second-order valence-corrected chi connectivity index (χ2v) is 11.2. The minimum absolute atomic E-state index is 0.935. The van der Waals surface area contributed by atoms with E-state index in [9.17, 15) is 0 Å². The molecule has 0 heterocycles. The Bertz CT molecular complexity index is 1420. The van der Waals surface area contributed by atoms with Gasteiger partial charge in [0.15, 0.2) is 0 Å². The molecule has 0 aromatic heterocycles. The smallest absolute Gasteiger partial charge is 0.00728 e. The van der Waals surface area contributed by atoms with Gasteiger partial charge in [0.25, 0.3) is 0 Å². The van der Waals surface area contributed by atoms with Crippen LogP contribution in [0.1, 0.15) is 77.0 Å². The first-order chi connectivity index (χ1) is 20.0. The third-order valence-electron chi connectivity index (χ3n) is 7.91. The fraction of sp³-hybridized carbons (Fsp3) is 0.317. The minimum Gasteiger partial charge on any atom is -0.0654 e. The highest BCUT2D eigenvalue weighted by Crippen LogP contribution is 2.35. The van der Waals surface area contributed by atoms with Crippen LogP contribution in [0.2, 0.25) is 0 Å². The second-order valence-electron chi connectivity index (χ2n) is 11.2. The maximum Gasteiger partial charge on any atom is -0.00728 e. The number of aryl methyl sites for hydroxylation is 3. The topological polar surface area (TPSA) is 0 Å². The van der Waals surface area contributed by atoms with Gasteiger partial charge >= 0.3 is 0 Å². The maximum absolute atomic E-state index is 2.41. The summed E-state index contributed by atoms with van der Waals surface area (Å²) in [6.45, 7) is 13.3. The van der Waals surface area contributed by atoms with Crippen LogP contribution in [-0.2, 0) is 12.8 Å². The van der Waals surface area contributed by atoms with Crippen molar-refractivity contribution >= 4 is 10.8 Å². The molecule has 0 aliphatic rings. The molecular weight excluding hydrogens is 492 g/mol. The van der Waals surface area contributed by atoms with E-state index in [1.807, 2.05) is 0 Å². The molecule has 0 atom stereocenters. The monoisotopic (exact) mass is 542 g/mol. The first-order valence-electron chi connectivity index (χ1n) is 15.7. The van der Waals surface area contributed by atoms with Gasteiger partial charge in [-0.3, -0.25) is 0 Å². The van der Waals surface area contributed by atoms with Gasteiger partial charge in [-0.25, -0.2) is 0 Å². The van der Waals surface area contributed by atoms with Crippen LogP contribution >= 0.6 is 0 Å². The lowest BCUT2D eigenvalue weighted by atomic mass is 9.89. The quantitative estimate of drug-likeness (QED) is 0.183. The number of hydrogen-bond acceptors (Lipinski definition) is 0. The van der Waals surface area contributed by atoms with Crippen LogP contribution in [0.4, 0.5) is 0 Å². The molecule has 41 heavy (non-hydrogen) atoms. The lowest BCUT2D eigenvalue weighted by molar-refractivity contribution is 0.544. The van der Waals surface area contributed by atoms with Crippen molar-refractivity contribution in [3.8, 4) is 22.3 Å². The Kier molecular flexibility index (Phi) is 13.4. The minimum atomic E-state index is 0.935. The highest BCUT2D eigenvalue weighted by Gasteiger charge is 2.12. The van der Waals surface area contributed by atoms with Crippen molar-refractivity contribution in [2.45, 2.75) is 80.1 Å². The lowest BCUT2D eigenvalue weighted by Gasteiger charge is -2.15. The van der Waals surface area contributed by atoms with Crippen LogP contribution < -0.4 is 0 Å². The molecule has 5 aromatic carbocycles.